The minimum Gasteiger partial charge on any atom is -0.497 e. The first-order valence-electron chi connectivity index (χ1n) is 13.9. The van der Waals surface area contributed by atoms with E-state index < -0.39 is 12.0 Å². The van der Waals surface area contributed by atoms with Crippen LogP contribution >= 0.6 is 11.3 Å². The number of esters is 1. The summed E-state index contributed by atoms with van der Waals surface area (Å²) in [6.45, 7) is 3.95. The van der Waals surface area contributed by atoms with Crippen LogP contribution in [0.4, 0.5) is 5.69 Å². The summed E-state index contributed by atoms with van der Waals surface area (Å²) in [4.78, 5) is 43.7. The molecule has 10 nitrogen and oxygen atoms in total. The number of methoxy groups -OCH3 is 1. The van der Waals surface area contributed by atoms with Crippen molar-refractivity contribution in [1.29, 1.82) is 0 Å². The molecular formula is C33H28N4O6S. The van der Waals surface area contributed by atoms with E-state index >= 15 is 0 Å². The average Bonchev–Trinajstić information content (AvgIpc) is 3.52. The zero-order valence-corrected chi connectivity index (χ0v) is 25.0. The molecule has 222 valence electrons. The Labute approximate surface area is 255 Å². The number of carbonyl (C=O) groups excluding carboxylic acids is 1. The highest BCUT2D eigenvalue weighted by Crippen LogP contribution is 2.32. The van der Waals surface area contributed by atoms with E-state index in [1.165, 1.54) is 17.4 Å². The molecule has 0 amide bonds. The summed E-state index contributed by atoms with van der Waals surface area (Å²) in [6, 6.07) is 20.9. The number of carbonyl (C=O) groups is 1. The lowest BCUT2D eigenvalue weighted by molar-refractivity contribution is -0.385. The van der Waals surface area contributed by atoms with Crippen LogP contribution < -0.4 is 19.6 Å². The summed E-state index contributed by atoms with van der Waals surface area (Å²) < 4.78 is 14.6. The van der Waals surface area contributed by atoms with Crippen LogP contribution in [0, 0.1) is 10.1 Å². The number of hydrogen-bond acceptors (Lipinski definition) is 8. The number of nitrogens with zero attached hydrogens (tertiary/aromatic N) is 4. The van der Waals surface area contributed by atoms with Gasteiger partial charge in [0.1, 0.15) is 5.75 Å². The number of hydrogen-bond donors (Lipinski definition) is 0. The molecule has 6 rings (SSSR count). The van der Waals surface area contributed by atoms with Crippen molar-refractivity contribution < 1.29 is 19.2 Å². The minimum absolute atomic E-state index is 0.0476. The van der Waals surface area contributed by atoms with Crippen molar-refractivity contribution in [2.24, 2.45) is 4.99 Å². The molecule has 3 heterocycles. The topological polar surface area (TPSA) is 118 Å². The Morgan fingerprint density at radius 2 is 1.82 bits per heavy atom. The second-order valence-corrected chi connectivity index (χ2v) is 11.2. The van der Waals surface area contributed by atoms with Crippen LogP contribution in [0.1, 0.15) is 36.6 Å². The lowest BCUT2D eigenvalue weighted by atomic mass is 9.96. The number of rotatable bonds is 8. The fourth-order valence-corrected chi connectivity index (χ4v) is 6.60. The van der Waals surface area contributed by atoms with Crippen molar-refractivity contribution in [2.45, 2.75) is 26.4 Å². The number of thiazole rings is 1. The van der Waals surface area contributed by atoms with Gasteiger partial charge >= 0.3 is 5.97 Å². The predicted molar refractivity (Wildman–Crippen MR) is 168 cm³/mol. The molecule has 0 aliphatic carbocycles. The molecule has 44 heavy (non-hydrogen) atoms. The number of aromatic nitrogens is 2. The molecular weight excluding hydrogens is 580 g/mol. The summed E-state index contributed by atoms with van der Waals surface area (Å²) in [6.07, 6.45) is 3.71. The van der Waals surface area contributed by atoms with Gasteiger partial charge in [0.2, 0.25) is 0 Å². The Morgan fingerprint density at radius 3 is 2.55 bits per heavy atom. The van der Waals surface area contributed by atoms with Crippen molar-refractivity contribution in [1.82, 2.24) is 9.13 Å². The van der Waals surface area contributed by atoms with Crippen molar-refractivity contribution in [3.8, 4) is 5.75 Å². The van der Waals surface area contributed by atoms with Gasteiger partial charge in [-0.3, -0.25) is 19.5 Å². The van der Waals surface area contributed by atoms with E-state index in [1.54, 1.807) is 55.9 Å². The number of para-hydroxylation sites is 2. The standard InChI is InChI=1S/C33H28N4O6S/c1-4-43-32(39)29-20(2)34-33-36(30(29)21-13-15-24(42-3)16-14-21)31(38)28(44-33)17-23-19-35(27-12-8-6-10-25(23)27)18-22-9-5-7-11-26(22)37(40)41/h5-17,19,30H,4,18H2,1-3H3. The van der Waals surface area contributed by atoms with Crippen LogP contribution in [0.2, 0.25) is 0 Å². The van der Waals surface area contributed by atoms with E-state index in [9.17, 15) is 19.7 Å². The number of fused-ring (bicyclic) bond motifs is 2. The highest BCUT2D eigenvalue weighted by molar-refractivity contribution is 7.07. The van der Waals surface area contributed by atoms with Gasteiger partial charge < -0.3 is 14.0 Å². The average molecular weight is 609 g/mol. The van der Waals surface area contributed by atoms with Gasteiger partial charge in [-0.15, -0.1) is 0 Å². The van der Waals surface area contributed by atoms with Gasteiger partial charge in [0, 0.05) is 34.3 Å². The third-order valence-electron chi connectivity index (χ3n) is 7.58. The van der Waals surface area contributed by atoms with Crippen LogP contribution in [-0.2, 0) is 16.1 Å². The van der Waals surface area contributed by atoms with Gasteiger partial charge in [0.15, 0.2) is 4.80 Å². The van der Waals surface area contributed by atoms with Crippen molar-refractivity contribution in [3.05, 3.63) is 137 Å². The van der Waals surface area contributed by atoms with Gasteiger partial charge in [-0.05, 0) is 43.7 Å². The molecule has 3 aromatic carbocycles. The van der Waals surface area contributed by atoms with Crippen molar-refractivity contribution in [2.75, 3.05) is 13.7 Å². The highest BCUT2D eigenvalue weighted by atomic mass is 32.1. The van der Waals surface area contributed by atoms with Crippen LogP contribution in [0.5, 0.6) is 5.75 Å². The molecule has 1 unspecified atom stereocenters. The number of benzene rings is 3. The Bertz CT molecular complexity index is 2140. The third-order valence-corrected chi connectivity index (χ3v) is 8.57. The number of ether oxygens (including phenoxy) is 2. The van der Waals surface area contributed by atoms with Crippen LogP contribution in [0.25, 0.3) is 17.0 Å². The minimum atomic E-state index is -0.738. The first kappa shape index (κ1) is 28.8. The van der Waals surface area contributed by atoms with Gasteiger partial charge in [0.25, 0.3) is 11.2 Å². The van der Waals surface area contributed by atoms with Crippen LogP contribution in [0.3, 0.4) is 0 Å². The molecule has 2 aromatic heterocycles. The largest absolute Gasteiger partial charge is 0.497 e. The van der Waals surface area contributed by atoms with Crippen LogP contribution in [0.15, 0.2) is 100 Å². The molecule has 0 radical (unpaired) electrons. The second kappa shape index (κ2) is 11.8. The molecule has 0 bridgehead atoms. The third kappa shape index (κ3) is 5.11. The molecule has 0 saturated carbocycles. The number of nitro groups is 1. The maximum atomic E-state index is 14.1. The Kier molecular flexibility index (Phi) is 7.71. The van der Waals surface area contributed by atoms with E-state index in [1.807, 2.05) is 53.2 Å². The molecule has 0 N–H and O–H groups in total. The van der Waals surface area contributed by atoms with Gasteiger partial charge in [0.05, 0.1) is 47.0 Å². The summed E-state index contributed by atoms with van der Waals surface area (Å²) in [5.41, 5.74) is 3.50. The first-order chi connectivity index (χ1) is 21.3. The molecule has 0 spiro atoms. The van der Waals surface area contributed by atoms with E-state index in [0.29, 0.717) is 31.9 Å². The fraction of sp³-hybridized carbons (Fsp3) is 0.182. The number of nitro benzene ring substituents is 1. The number of allylic oxidation sites excluding steroid dienone is 1. The fourth-order valence-electron chi connectivity index (χ4n) is 5.56. The second-order valence-electron chi connectivity index (χ2n) is 10.2. The molecule has 0 saturated heterocycles. The smallest absolute Gasteiger partial charge is 0.338 e. The van der Waals surface area contributed by atoms with Gasteiger partial charge in [-0.1, -0.05) is 59.9 Å². The molecule has 0 fully saturated rings. The van der Waals surface area contributed by atoms with Crippen LogP contribution in [-0.4, -0.2) is 33.7 Å². The molecule has 11 heteroatoms. The van der Waals surface area contributed by atoms with Crippen molar-refractivity contribution >= 4 is 40.0 Å². The summed E-state index contributed by atoms with van der Waals surface area (Å²) in [5.74, 6) is 0.124. The highest BCUT2D eigenvalue weighted by Gasteiger charge is 2.33. The molecule has 1 atom stereocenters. The Hall–Kier alpha value is -5.29. The summed E-state index contributed by atoms with van der Waals surface area (Å²) in [7, 11) is 1.57. The van der Waals surface area contributed by atoms with E-state index in [-0.39, 0.29) is 29.3 Å². The van der Waals surface area contributed by atoms with E-state index in [0.717, 1.165) is 22.0 Å². The Balaban J connectivity index is 1.51. The quantitative estimate of drug-likeness (QED) is 0.143. The van der Waals surface area contributed by atoms with Gasteiger partial charge in [-0.2, -0.15) is 0 Å². The summed E-state index contributed by atoms with van der Waals surface area (Å²) >= 11 is 1.24. The Morgan fingerprint density at radius 1 is 1.09 bits per heavy atom. The summed E-state index contributed by atoms with van der Waals surface area (Å²) in [5, 5.41) is 12.5. The molecule has 5 aromatic rings. The van der Waals surface area contributed by atoms with Gasteiger partial charge in [-0.25, -0.2) is 9.79 Å². The molecule has 1 aliphatic rings. The first-order valence-corrected chi connectivity index (χ1v) is 14.8. The lowest BCUT2D eigenvalue weighted by Gasteiger charge is -2.24. The zero-order valence-electron chi connectivity index (χ0n) is 24.2. The normalized spacial score (nSPS) is 14.8. The maximum absolute atomic E-state index is 14.1. The van der Waals surface area contributed by atoms with E-state index in [2.05, 4.69) is 4.99 Å². The van der Waals surface area contributed by atoms with E-state index in [4.69, 9.17) is 9.47 Å². The molecule has 1 aliphatic heterocycles. The zero-order chi connectivity index (χ0) is 31.0. The monoisotopic (exact) mass is 608 g/mol. The maximum Gasteiger partial charge on any atom is 0.338 e. The SMILES string of the molecule is CCOC(=O)C1=C(C)N=c2sc(=Cc3cn(Cc4ccccc4[N+](=O)[O-])c4ccccc34)c(=O)n2C1c1ccc(OC)cc1. The lowest BCUT2D eigenvalue weighted by Crippen LogP contribution is -2.39. The predicted octanol–water partition coefficient (Wildman–Crippen LogP) is 4.72. The van der Waals surface area contributed by atoms with Crippen molar-refractivity contribution in [3.63, 3.8) is 0 Å².